The number of ether oxygens (including phenoxy) is 1. The van der Waals surface area contributed by atoms with Gasteiger partial charge in [0.2, 0.25) is 5.65 Å². The van der Waals surface area contributed by atoms with Crippen LogP contribution < -0.4 is 5.32 Å². The van der Waals surface area contributed by atoms with Crippen LogP contribution in [0.5, 0.6) is 5.75 Å². The molecule has 0 radical (unpaired) electrons. The number of fused-ring (bicyclic) bond motifs is 1. The number of carbonyl (C=O) groups excluding carboxylic acids is 1. The first-order valence-electron chi connectivity index (χ1n) is 10.3. The molecule has 0 bridgehead atoms. The van der Waals surface area contributed by atoms with Gasteiger partial charge in [0.05, 0.1) is 19.2 Å². The number of hydrogen-bond acceptors (Lipinski definition) is 8. The minimum atomic E-state index is -0.196. The molecule has 1 fully saturated rings. The van der Waals surface area contributed by atoms with E-state index in [0.717, 1.165) is 31.5 Å². The highest BCUT2D eigenvalue weighted by molar-refractivity contribution is 6.31. The number of phenolic OH excluding ortho intramolecular Hbond substituents is 1. The van der Waals surface area contributed by atoms with Crippen LogP contribution >= 0.6 is 11.6 Å². The highest BCUT2D eigenvalue weighted by Crippen LogP contribution is 2.35. The number of phenols is 1. The highest BCUT2D eigenvalue weighted by atomic mass is 35.5. The zero-order chi connectivity index (χ0) is 22.0. The van der Waals surface area contributed by atoms with Gasteiger partial charge in [0.1, 0.15) is 5.75 Å². The van der Waals surface area contributed by atoms with Crippen LogP contribution in [0.4, 0.5) is 6.01 Å². The zero-order valence-corrected chi connectivity index (χ0v) is 18.3. The zero-order valence-electron chi connectivity index (χ0n) is 17.5. The van der Waals surface area contributed by atoms with Gasteiger partial charge in [0.15, 0.2) is 5.58 Å². The second-order valence-corrected chi connectivity index (χ2v) is 8.20. The van der Waals surface area contributed by atoms with Crippen molar-refractivity contribution in [3.63, 3.8) is 0 Å². The quantitative estimate of drug-likeness (QED) is 0.550. The number of oxazole rings is 1. The lowest BCUT2D eigenvalue weighted by Crippen LogP contribution is -2.42. The summed E-state index contributed by atoms with van der Waals surface area (Å²) >= 11 is 6.01. The fourth-order valence-corrected chi connectivity index (χ4v) is 4.25. The van der Waals surface area contributed by atoms with Crippen molar-refractivity contribution in [1.29, 1.82) is 0 Å². The molecule has 0 unspecified atom stereocenters. The Balaban J connectivity index is 1.48. The van der Waals surface area contributed by atoms with Gasteiger partial charge in [-0.25, -0.2) is 4.98 Å². The van der Waals surface area contributed by atoms with E-state index >= 15 is 0 Å². The summed E-state index contributed by atoms with van der Waals surface area (Å²) in [7, 11) is 1.41. The maximum atomic E-state index is 11.4. The summed E-state index contributed by atoms with van der Waals surface area (Å²) in [5.41, 5.74) is 3.08. The van der Waals surface area contributed by atoms with Crippen molar-refractivity contribution in [1.82, 2.24) is 14.9 Å². The Morgan fingerprint density at radius 2 is 2.23 bits per heavy atom. The number of esters is 1. The van der Waals surface area contributed by atoms with Gasteiger partial charge in [-0.1, -0.05) is 11.6 Å². The van der Waals surface area contributed by atoms with Crippen LogP contribution in [0.2, 0.25) is 5.02 Å². The molecule has 0 aliphatic carbocycles. The summed E-state index contributed by atoms with van der Waals surface area (Å²) in [4.78, 5) is 22.7. The summed E-state index contributed by atoms with van der Waals surface area (Å²) in [6.45, 7) is 4.30. The van der Waals surface area contributed by atoms with Crippen LogP contribution in [0.1, 0.15) is 24.8 Å². The molecule has 0 amide bonds. The minimum absolute atomic E-state index is 0.0768. The predicted molar refractivity (Wildman–Crippen MR) is 118 cm³/mol. The monoisotopic (exact) mass is 444 g/mol. The van der Waals surface area contributed by atoms with Crippen molar-refractivity contribution in [2.45, 2.75) is 32.2 Å². The first kappa shape index (κ1) is 21.4. The van der Waals surface area contributed by atoms with E-state index in [1.54, 1.807) is 18.2 Å². The second-order valence-electron chi connectivity index (χ2n) is 7.76. The number of carbonyl (C=O) groups is 1. The average molecular weight is 445 g/mol. The summed E-state index contributed by atoms with van der Waals surface area (Å²) in [6.07, 6.45) is 2.40. The van der Waals surface area contributed by atoms with Crippen molar-refractivity contribution in [2.24, 2.45) is 0 Å². The van der Waals surface area contributed by atoms with Crippen molar-refractivity contribution in [3.05, 3.63) is 34.9 Å². The molecule has 1 aromatic carbocycles. The third-order valence-corrected chi connectivity index (χ3v) is 5.70. The Morgan fingerprint density at radius 1 is 1.39 bits per heavy atom. The van der Waals surface area contributed by atoms with Gasteiger partial charge in [-0.15, -0.1) is 0 Å². The molecule has 1 saturated heterocycles. The Kier molecular flexibility index (Phi) is 6.29. The van der Waals surface area contributed by atoms with Gasteiger partial charge >= 0.3 is 5.97 Å². The van der Waals surface area contributed by atoms with Crippen molar-refractivity contribution in [2.75, 3.05) is 32.1 Å². The average Bonchev–Trinajstić information content (AvgIpc) is 3.13. The topological polar surface area (TPSA) is 101 Å². The summed E-state index contributed by atoms with van der Waals surface area (Å²) in [6, 6.07) is 7.46. The largest absolute Gasteiger partial charge is 0.507 e. The van der Waals surface area contributed by atoms with Gasteiger partial charge < -0.3 is 24.5 Å². The van der Waals surface area contributed by atoms with Crippen LogP contribution in [0.25, 0.3) is 22.5 Å². The number of aromatic nitrogens is 2. The molecule has 0 saturated carbocycles. The Morgan fingerprint density at radius 3 is 3.00 bits per heavy atom. The molecule has 1 atom stereocenters. The van der Waals surface area contributed by atoms with Gasteiger partial charge in [-0.05, 0) is 56.1 Å². The third kappa shape index (κ3) is 4.91. The number of hydrogen-bond donors (Lipinski definition) is 2. The number of piperidine rings is 1. The maximum absolute atomic E-state index is 11.4. The molecule has 3 aromatic rings. The van der Waals surface area contributed by atoms with E-state index in [0.29, 0.717) is 46.5 Å². The molecule has 8 nitrogen and oxygen atoms in total. The molecule has 9 heteroatoms. The second kappa shape index (κ2) is 9.11. The molecule has 0 spiro atoms. The van der Waals surface area contributed by atoms with Crippen molar-refractivity contribution in [3.8, 4) is 17.0 Å². The minimum Gasteiger partial charge on any atom is -0.507 e. The van der Waals surface area contributed by atoms with Gasteiger partial charge in [-0.3, -0.25) is 4.79 Å². The number of halogens is 1. The van der Waals surface area contributed by atoms with Crippen molar-refractivity contribution < 1.29 is 19.1 Å². The fourth-order valence-electron chi connectivity index (χ4n) is 3.98. The first-order valence-corrected chi connectivity index (χ1v) is 10.6. The van der Waals surface area contributed by atoms with Gasteiger partial charge in [0, 0.05) is 29.7 Å². The number of pyridine rings is 1. The lowest BCUT2D eigenvalue weighted by Gasteiger charge is -2.32. The number of nitrogens with zero attached hydrogens (tertiary/aromatic N) is 3. The Hall–Kier alpha value is -2.84. The Bertz CT molecular complexity index is 1080. The van der Waals surface area contributed by atoms with E-state index in [9.17, 15) is 9.90 Å². The number of benzene rings is 1. The lowest BCUT2D eigenvalue weighted by molar-refractivity contribution is -0.141. The highest BCUT2D eigenvalue weighted by Gasteiger charge is 2.22. The number of rotatable bonds is 6. The maximum Gasteiger partial charge on any atom is 0.306 e. The molecular formula is C22H25ClN4O4. The number of aromatic hydroxyl groups is 1. The van der Waals surface area contributed by atoms with Crippen LogP contribution in [-0.4, -0.2) is 58.7 Å². The molecule has 1 aliphatic rings. The van der Waals surface area contributed by atoms with E-state index in [1.165, 1.54) is 13.2 Å². The number of likely N-dealkylation sites (tertiary alicyclic amines) is 1. The standard InChI is InChI=1S/C22H25ClN4O4/c1-13-10-14(23)11-17(28)20(13)16-5-6-18-21(25-16)26-22(31-18)24-15-4-3-8-27(12-15)9-7-19(29)30-2/h5-6,10-11,15,28H,3-4,7-9,12H2,1-2H3,(H,24,25,26)/t15-/m1/s1. The summed E-state index contributed by atoms with van der Waals surface area (Å²) in [5, 5.41) is 14.1. The number of methoxy groups -OCH3 is 1. The number of aryl methyl sites for hydroxylation is 1. The predicted octanol–water partition coefficient (Wildman–Crippen LogP) is 4.00. The van der Waals surface area contributed by atoms with Crippen LogP contribution in [-0.2, 0) is 9.53 Å². The molecular weight excluding hydrogens is 420 g/mol. The molecule has 1 aliphatic heterocycles. The van der Waals surface area contributed by atoms with Gasteiger partial charge in [-0.2, -0.15) is 4.98 Å². The van der Waals surface area contributed by atoms with Crippen LogP contribution in [0, 0.1) is 6.92 Å². The molecule has 31 heavy (non-hydrogen) atoms. The van der Waals surface area contributed by atoms with E-state index in [2.05, 4.69) is 20.2 Å². The molecule has 3 heterocycles. The molecule has 2 N–H and O–H groups in total. The molecule has 164 valence electrons. The fraction of sp³-hybridized carbons (Fsp3) is 0.409. The molecule has 2 aromatic heterocycles. The third-order valence-electron chi connectivity index (χ3n) is 5.48. The van der Waals surface area contributed by atoms with E-state index < -0.39 is 0 Å². The van der Waals surface area contributed by atoms with E-state index in [-0.39, 0.29) is 17.8 Å². The van der Waals surface area contributed by atoms with E-state index in [4.69, 9.17) is 20.8 Å². The molecule has 4 rings (SSSR count). The van der Waals surface area contributed by atoms with Gasteiger partial charge in [0.25, 0.3) is 6.01 Å². The smallest absolute Gasteiger partial charge is 0.306 e. The van der Waals surface area contributed by atoms with Crippen LogP contribution in [0.3, 0.4) is 0 Å². The van der Waals surface area contributed by atoms with E-state index in [1.807, 2.05) is 6.92 Å². The SMILES string of the molecule is COC(=O)CCN1CCC[C@@H](Nc2nc3nc(-c4c(C)cc(Cl)cc4O)ccc3o2)C1. The van der Waals surface area contributed by atoms with Crippen LogP contribution in [0.15, 0.2) is 28.7 Å². The summed E-state index contributed by atoms with van der Waals surface area (Å²) in [5.74, 6) is -0.120. The summed E-state index contributed by atoms with van der Waals surface area (Å²) < 4.78 is 10.6. The normalized spacial score (nSPS) is 17.1. The number of nitrogens with one attached hydrogen (secondary N) is 1. The first-order chi connectivity index (χ1) is 14.9. The number of anilines is 1. The Labute approximate surface area is 185 Å². The van der Waals surface area contributed by atoms with Crippen molar-refractivity contribution >= 4 is 34.8 Å². The lowest BCUT2D eigenvalue weighted by atomic mass is 10.0.